The third-order valence-corrected chi connectivity index (χ3v) is 4.19. The summed E-state index contributed by atoms with van der Waals surface area (Å²) < 4.78 is 0. The molecule has 1 rings (SSSR count). The molecule has 0 saturated heterocycles. The Kier molecular flexibility index (Phi) is 7.36. The Morgan fingerprint density at radius 3 is 2.05 bits per heavy atom. The summed E-state index contributed by atoms with van der Waals surface area (Å²) in [5.41, 5.74) is 11.6. The van der Waals surface area contributed by atoms with Crippen molar-refractivity contribution in [1.29, 1.82) is 0 Å². The lowest BCUT2D eigenvalue weighted by molar-refractivity contribution is 0.200. The molecule has 3 heteroatoms. The van der Waals surface area contributed by atoms with Gasteiger partial charge < -0.3 is 10.6 Å². The number of hydrogen-bond acceptors (Lipinski definition) is 3. The van der Waals surface area contributed by atoms with Crippen LogP contribution in [-0.2, 0) is 0 Å². The Hall–Kier alpha value is -0.900. The van der Waals surface area contributed by atoms with E-state index in [9.17, 15) is 0 Å². The fraction of sp³-hybridized carbons (Fsp3) is 0.667. The Morgan fingerprint density at radius 1 is 1.05 bits per heavy atom. The van der Waals surface area contributed by atoms with Crippen LogP contribution in [0.1, 0.15) is 41.6 Å². The van der Waals surface area contributed by atoms with Crippen molar-refractivity contribution in [2.45, 2.75) is 40.2 Å². The van der Waals surface area contributed by atoms with Crippen LogP contribution < -0.4 is 5.73 Å². The van der Waals surface area contributed by atoms with Crippen molar-refractivity contribution in [3.8, 4) is 0 Å². The molecule has 0 aliphatic rings. The third kappa shape index (κ3) is 5.10. The molecule has 0 bridgehead atoms. The van der Waals surface area contributed by atoms with Crippen molar-refractivity contribution >= 4 is 0 Å². The summed E-state index contributed by atoms with van der Waals surface area (Å²) >= 11 is 0. The molecule has 0 spiro atoms. The fourth-order valence-electron chi connectivity index (χ4n) is 3.29. The van der Waals surface area contributed by atoms with E-state index in [0.717, 1.165) is 19.6 Å². The largest absolute Gasteiger partial charge is 0.329 e. The number of hydrogen-bond donors (Lipinski definition) is 1. The zero-order valence-electron chi connectivity index (χ0n) is 14.7. The molecule has 0 saturated carbocycles. The first kappa shape index (κ1) is 18.1. The molecular formula is C18H33N3. The van der Waals surface area contributed by atoms with Crippen LogP contribution in [0, 0.1) is 20.8 Å². The molecule has 0 aliphatic carbocycles. The number of nitrogens with zero attached hydrogens (tertiary/aromatic N) is 2. The van der Waals surface area contributed by atoms with Crippen molar-refractivity contribution in [2.75, 3.05) is 40.3 Å². The van der Waals surface area contributed by atoms with Gasteiger partial charge in [-0.15, -0.1) is 0 Å². The fourth-order valence-corrected chi connectivity index (χ4v) is 3.29. The summed E-state index contributed by atoms with van der Waals surface area (Å²) in [5.74, 6) is 0. The lowest BCUT2D eigenvalue weighted by Crippen LogP contribution is -2.36. The maximum atomic E-state index is 6.14. The Morgan fingerprint density at radius 2 is 1.62 bits per heavy atom. The van der Waals surface area contributed by atoms with Crippen LogP contribution in [0.2, 0.25) is 0 Å². The van der Waals surface area contributed by atoms with Crippen LogP contribution in [0.5, 0.6) is 0 Å². The van der Waals surface area contributed by atoms with Crippen molar-refractivity contribution in [3.63, 3.8) is 0 Å². The average molecular weight is 291 g/mol. The van der Waals surface area contributed by atoms with Crippen LogP contribution in [0.15, 0.2) is 12.1 Å². The Labute approximate surface area is 131 Å². The predicted octanol–water partition coefficient (Wildman–Crippen LogP) is 2.89. The molecule has 2 N–H and O–H groups in total. The lowest BCUT2D eigenvalue weighted by Gasteiger charge is -2.33. The lowest BCUT2D eigenvalue weighted by atomic mass is 9.93. The van der Waals surface area contributed by atoms with E-state index >= 15 is 0 Å². The molecule has 3 nitrogen and oxygen atoms in total. The van der Waals surface area contributed by atoms with Gasteiger partial charge in [0.15, 0.2) is 0 Å². The van der Waals surface area contributed by atoms with Crippen molar-refractivity contribution in [1.82, 2.24) is 9.80 Å². The maximum Gasteiger partial charge on any atom is 0.0475 e. The Balaban J connectivity index is 2.94. The van der Waals surface area contributed by atoms with Crippen molar-refractivity contribution in [2.24, 2.45) is 5.73 Å². The SMILES string of the molecule is CCN(CCCN(C)C)C(CN)c1c(C)cc(C)cc1C. The summed E-state index contributed by atoms with van der Waals surface area (Å²) in [4.78, 5) is 4.77. The van der Waals surface area contributed by atoms with E-state index in [4.69, 9.17) is 5.73 Å². The molecule has 21 heavy (non-hydrogen) atoms. The quantitative estimate of drug-likeness (QED) is 0.799. The average Bonchev–Trinajstić information content (AvgIpc) is 2.39. The topological polar surface area (TPSA) is 32.5 Å². The maximum absolute atomic E-state index is 6.14. The summed E-state index contributed by atoms with van der Waals surface area (Å²) in [6.45, 7) is 12.8. The van der Waals surface area contributed by atoms with Gasteiger partial charge in [-0.25, -0.2) is 0 Å². The van der Waals surface area contributed by atoms with Gasteiger partial charge in [0.2, 0.25) is 0 Å². The molecule has 120 valence electrons. The second-order valence-electron chi connectivity index (χ2n) is 6.35. The highest BCUT2D eigenvalue weighted by atomic mass is 15.2. The predicted molar refractivity (Wildman–Crippen MR) is 92.9 cm³/mol. The first-order valence-corrected chi connectivity index (χ1v) is 8.07. The van der Waals surface area contributed by atoms with Gasteiger partial charge in [0.1, 0.15) is 0 Å². The van der Waals surface area contributed by atoms with Gasteiger partial charge >= 0.3 is 0 Å². The minimum absolute atomic E-state index is 0.331. The van der Waals surface area contributed by atoms with Gasteiger partial charge in [-0.05, 0) is 71.1 Å². The van der Waals surface area contributed by atoms with E-state index in [1.807, 2.05) is 0 Å². The standard InChI is InChI=1S/C18H33N3/c1-7-21(10-8-9-20(5)6)17(13-19)18-15(3)11-14(2)12-16(18)4/h11-12,17H,7-10,13,19H2,1-6H3. The van der Waals surface area contributed by atoms with Crippen molar-refractivity contribution in [3.05, 3.63) is 34.4 Å². The van der Waals surface area contributed by atoms with Gasteiger partial charge in [0.05, 0.1) is 0 Å². The molecule has 1 atom stereocenters. The van der Waals surface area contributed by atoms with Gasteiger partial charge in [-0.3, -0.25) is 4.90 Å². The number of rotatable bonds is 8. The van der Waals surface area contributed by atoms with E-state index in [-0.39, 0.29) is 0 Å². The van der Waals surface area contributed by atoms with Gasteiger partial charge in [-0.1, -0.05) is 24.6 Å². The van der Waals surface area contributed by atoms with E-state index in [2.05, 4.69) is 63.7 Å². The highest BCUT2D eigenvalue weighted by Crippen LogP contribution is 2.27. The first-order valence-electron chi connectivity index (χ1n) is 8.07. The highest BCUT2D eigenvalue weighted by molar-refractivity contribution is 5.40. The van der Waals surface area contributed by atoms with E-state index in [1.54, 1.807) is 0 Å². The summed E-state index contributed by atoms with van der Waals surface area (Å²) in [5, 5.41) is 0. The molecule has 1 aromatic rings. The number of likely N-dealkylation sites (N-methyl/N-ethyl adjacent to an activating group) is 1. The van der Waals surface area contributed by atoms with Crippen LogP contribution in [0.4, 0.5) is 0 Å². The van der Waals surface area contributed by atoms with E-state index in [1.165, 1.54) is 28.7 Å². The van der Waals surface area contributed by atoms with Crippen LogP contribution >= 0.6 is 0 Å². The minimum atomic E-state index is 0.331. The number of benzene rings is 1. The molecule has 0 fully saturated rings. The van der Waals surface area contributed by atoms with E-state index in [0.29, 0.717) is 12.6 Å². The molecule has 0 aromatic heterocycles. The molecule has 0 radical (unpaired) electrons. The highest BCUT2D eigenvalue weighted by Gasteiger charge is 2.21. The second kappa shape index (κ2) is 8.52. The summed E-state index contributed by atoms with van der Waals surface area (Å²) in [6, 6.07) is 4.88. The van der Waals surface area contributed by atoms with Gasteiger partial charge in [0, 0.05) is 19.1 Å². The van der Waals surface area contributed by atoms with E-state index < -0.39 is 0 Å². The number of aryl methyl sites for hydroxylation is 3. The normalized spacial score (nSPS) is 13.2. The molecule has 1 aromatic carbocycles. The molecular weight excluding hydrogens is 258 g/mol. The smallest absolute Gasteiger partial charge is 0.0475 e. The first-order chi connectivity index (χ1) is 9.90. The molecule has 0 aliphatic heterocycles. The molecule has 0 amide bonds. The summed E-state index contributed by atoms with van der Waals surface area (Å²) in [7, 11) is 4.26. The minimum Gasteiger partial charge on any atom is -0.329 e. The Bertz CT molecular complexity index is 417. The van der Waals surface area contributed by atoms with Crippen LogP contribution in [0.3, 0.4) is 0 Å². The second-order valence-corrected chi connectivity index (χ2v) is 6.35. The monoisotopic (exact) mass is 291 g/mol. The summed E-state index contributed by atoms with van der Waals surface area (Å²) in [6.07, 6.45) is 1.18. The van der Waals surface area contributed by atoms with Crippen LogP contribution in [0.25, 0.3) is 0 Å². The van der Waals surface area contributed by atoms with Gasteiger partial charge in [-0.2, -0.15) is 0 Å². The zero-order valence-corrected chi connectivity index (χ0v) is 14.7. The number of nitrogens with two attached hydrogens (primary N) is 1. The van der Waals surface area contributed by atoms with Crippen LogP contribution in [-0.4, -0.2) is 50.1 Å². The van der Waals surface area contributed by atoms with Gasteiger partial charge in [0.25, 0.3) is 0 Å². The molecule has 1 unspecified atom stereocenters. The van der Waals surface area contributed by atoms with Crippen molar-refractivity contribution < 1.29 is 0 Å². The molecule has 0 heterocycles. The third-order valence-electron chi connectivity index (χ3n) is 4.19. The zero-order chi connectivity index (χ0) is 16.0.